The number of nitrogens with zero attached hydrogens (tertiary/aromatic N) is 1. The monoisotopic (exact) mass is 399 g/mol. The van der Waals surface area contributed by atoms with Crippen molar-refractivity contribution in [1.82, 2.24) is 5.32 Å². The summed E-state index contributed by atoms with van der Waals surface area (Å²) >= 11 is 0. The maximum atomic E-state index is 10.4. The summed E-state index contributed by atoms with van der Waals surface area (Å²) in [6.45, 7) is 1.79. The van der Waals surface area contributed by atoms with Crippen LogP contribution in [0.2, 0.25) is 0 Å². The third-order valence-corrected chi connectivity index (χ3v) is 1.24. The van der Waals surface area contributed by atoms with Gasteiger partial charge in [-0.2, -0.15) is 4.99 Å². The molecule has 0 aliphatic rings. The van der Waals surface area contributed by atoms with Crippen LogP contribution in [0.4, 0.5) is 4.79 Å². The first-order chi connectivity index (χ1) is 4.31. The molecule has 1 atom stereocenters. The Hall–Kier alpha value is 0.332. The minimum atomic E-state index is -0.0889. The minimum Gasteiger partial charge on any atom is -0.358 e. The van der Waals surface area contributed by atoms with Gasteiger partial charge in [0.25, 0.3) is 0 Å². The third kappa shape index (κ3) is 13.3. The molecule has 0 heterocycles. The fourth-order valence-electron chi connectivity index (χ4n) is 0.232. The second-order valence-electron chi connectivity index (χ2n) is 1.16. The van der Waals surface area contributed by atoms with Gasteiger partial charge in [-0.25, -0.2) is 4.79 Å². The number of amides is 1. The van der Waals surface area contributed by atoms with Gasteiger partial charge in [0.1, 0.15) is 6.67 Å². The van der Waals surface area contributed by atoms with Crippen molar-refractivity contribution < 1.29 is 40.7 Å². The number of rotatable bonds is 3. The first-order valence-corrected chi connectivity index (χ1v) is 3.80. The normalized spacial score (nSPS) is 7.36. The van der Waals surface area contributed by atoms with E-state index < -0.39 is 0 Å². The molecule has 0 radical (unpaired) electrons. The SMILES string of the molecule is CPC(=O)NCN=C=O.[CH3-].[U]. The van der Waals surface area contributed by atoms with E-state index in [1.807, 2.05) is 0 Å². The number of nitrogens with one attached hydrogen (secondary N) is 1. The summed E-state index contributed by atoms with van der Waals surface area (Å²) in [5.74, 6) is 0. The fourth-order valence-corrected chi connectivity index (χ4v) is 0.488. The Morgan fingerprint density at radius 3 is 2.64 bits per heavy atom. The fraction of sp³-hybridized carbons (Fsp3) is 0.400. The van der Waals surface area contributed by atoms with Crippen LogP contribution in [0.3, 0.4) is 0 Å². The standard InChI is InChI=1S/C4H7N2O2P.CH3.U/c1-9-4(8)6-2-5-3-7;;/h9H,2H2,1H3,(H,6,8);1H3;/q;-1;. The van der Waals surface area contributed by atoms with Gasteiger partial charge >= 0.3 is 0 Å². The predicted octanol–water partition coefficient (Wildman–Crippen LogP) is 0.748. The second kappa shape index (κ2) is 13.0. The topological polar surface area (TPSA) is 58.5 Å². The molecule has 0 rings (SSSR count). The van der Waals surface area contributed by atoms with Crippen LogP contribution in [-0.4, -0.2) is 25.1 Å². The molecule has 0 saturated carbocycles. The zero-order valence-electron chi connectivity index (χ0n) is 6.47. The molecule has 0 saturated heterocycles. The Labute approximate surface area is 91.8 Å². The molecule has 1 amide bonds. The Kier molecular flexibility index (Phi) is 20.5. The van der Waals surface area contributed by atoms with Crippen molar-refractivity contribution >= 4 is 20.3 Å². The van der Waals surface area contributed by atoms with E-state index in [-0.39, 0.29) is 59.4 Å². The molecule has 62 valence electrons. The van der Waals surface area contributed by atoms with Crippen molar-refractivity contribution in [3.05, 3.63) is 7.43 Å². The molecule has 0 bridgehead atoms. The molecule has 6 heteroatoms. The van der Waals surface area contributed by atoms with Gasteiger partial charge in [-0.1, -0.05) is 0 Å². The van der Waals surface area contributed by atoms with Gasteiger partial charge in [-0.15, -0.1) is 0 Å². The minimum absolute atomic E-state index is 0. The number of carbonyl (C=O) groups is 1. The van der Waals surface area contributed by atoms with E-state index in [2.05, 4.69) is 10.3 Å². The smallest absolute Gasteiger partial charge is 0.239 e. The van der Waals surface area contributed by atoms with E-state index in [0.29, 0.717) is 0 Å². The zero-order valence-corrected chi connectivity index (χ0v) is 11.6. The van der Waals surface area contributed by atoms with Crippen molar-refractivity contribution in [2.45, 2.75) is 0 Å². The van der Waals surface area contributed by atoms with E-state index in [9.17, 15) is 9.59 Å². The molecule has 0 aromatic rings. The molecule has 0 aliphatic carbocycles. The van der Waals surface area contributed by atoms with Crippen LogP contribution in [0.15, 0.2) is 4.99 Å². The molecular formula is C5H10N2O2PU-. The van der Waals surface area contributed by atoms with Gasteiger partial charge in [0.2, 0.25) is 11.7 Å². The molecule has 0 aromatic carbocycles. The van der Waals surface area contributed by atoms with Gasteiger partial charge in [0.05, 0.1) is 0 Å². The molecule has 0 spiro atoms. The van der Waals surface area contributed by atoms with Crippen molar-refractivity contribution in [2.75, 3.05) is 13.3 Å². The average molecular weight is 399 g/mol. The summed E-state index contributed by atoms with van der Waals surface area (Å²) in [4.78, 5) is 23.0. The Balaban J connectivity index is -0.000000320. The zero-order chi connectivity index (χ0) is 7.11. The van der Waals surface area contributed by atoms with Crippen LogP contribution in [0, 0.1) is 38.5 Å². The average Bonchev–Trinajstić information content (AvgIpc) is 1.89. The van der Waals surface area contributed by atoms with Gasteiger partial charge in [-0.3, -0.25) is 4.79 Å². The summed E-state index contributed by atoms with van der Waals surface area (Å²) in [6.07, 6.45) is 1.31. The van der Waals surface area contributed by atoms with E-state index in [1.165, 1.54) is 6.08 Å². The summed E-state index contributed by atoms with van der Waals surface area (Å²) in [5.41, 5.74) is -0.0889. The number of hydrogen-bond donors (Lipinski definition) is 1. The van der Waals surface area contributed by atoms with Crippen LogP contribution >= 0.6 is 8.58 Å². The number of hydrogen-bond acceptors (Lipinski definition) is 3. The number of isocyanates is 1. The van der Waals surface area contributed by atoms with E-state index in [4.69, 9.17) is 0 Å². The second-order valence-corrected chi connectivity index (χ2v) is 2.12. The van der Waals surface area contributed by atoms with Crippen LogP contribution in [0.1, 0.15) is 0 Å². The van der Waals surface area contributed by atoms with Crippen LogP contribution in [-0.2, 0) is 4.79 Å². The summed E-state index contributed by atoms with van der Waals surface area (Å²) in [6, 6.07) is 0. The Morgan fingerprint density at radius 2 is 2.27 bits per heavy atom. The summed E-state index contributed by atoms with van der Waals surface area (Å²) in [5, 5.41) is 2.38. The molecule has 1 unspecified atom stereocenters. The molecule has 0 fully saturated rings. The van der Waals surface area contributed by atoms with Crippen LogP contribution < -0.4 is 5.32 Å². The van der Waals surface area contributed by atoms with Gasteiger partial charge in [0.15, 0.2) is 0 Å². The van der Waals surface area contributed by atoms with Gasteiger partial charge in [-0.05, 0) is 15.2 Å². The van der Waals surface area contributed by atoms with E-state index in [1.54, 1.807) is 6.66 Å². The number of carbonyl (C=O) groups excluding carboxylic acids is 2. The summed E-state index contributed by atoms with van der Waals surface area (Å²) in [7, 11) is 0.203. The maximum Gasteiger partial charge on any atom is 0.239 e. The molecule has 11 heavy (non-hydrogen) atoms. The molecule has 4 nitrogen and oxygen atoms in total. The maximum absolute atomic E-state index is 10.4. The quantitative estimate of drug-likeness (QED) is 0.330. The van der Waals surface area contributed by atoms with Gasteiger partial charge in [0, 0.05) is 31.1 Å². The van der Waals surface area contributed by atoms with Crippen molar-refractivity contribution in [3.63, 3.8) is 0 Å². The van der Waals surface area contributed by atoms with Crippen LogP contribution in [0.25, 0.3) is 0 Å². The van der Waals surface area contributed by atoms with Crippen LogP contribution in [0.5, 0.6) is 0 Å². The number of aliphatic imine (C=N–C) groups is 1. The largest absolute Gasteiger partial charge is 0.358 e. The summed E-state index contributed by atoms with van der Waals surface area (Å²) < 4.78 is 0. The van der Waals surface area contributed by atoms with E-state index in [0.717, 1.165) is 0 Å². The molecule has 0 aliphatic heterocycles. The predicted molar refractivity (Wildman–Crippen MR) is 42.2 cm³/mol. The molecule has 1 N–H and O–H groups in total. The molecular weight excluding hydrogens is 389 g/mol. The first-order valence-electron chi connectivity index (χ1n) is 2.30. The Bertz CT molecular complexity index is 147. The molecule has 0 aromatic heterocycles. The van der Waals surface area contributed by atoms with Crippen molar-refractivity contribution in [2.24, 2.45) is 4.99 Å². The Morgan fingerprint density at radius 1 is 1.73 bits per heavy atom. The third-order valence-electron chi connectivity index (χ3n) is 0.610. The first kappa shape index (κ1) is 17.4. The van der Waals surface area contributed by atoms with Crippen molar-refractivity contribution in [3.8, 4) is 0 Å². The van der Waals surface area contributed by atoms with E-state index >= 15 is 0 Å². The van der Waals surface area contributed by atoms with Crippen molar-refractivity contribution in [1.29, 1.82) is 0 Å². The van der Waals surface area contributed by atoms with Gasteiger partial charge < -0.3 is 12.7 Å².